The average Bonchev–Trinajstić information content (AvgIpc) is 3.03. The van der Waals surface area contributed by atoms with Crippen LogP contribution in [0.2, 0.25) is 10.0 Å². The van der Waals surface area contributed by atoms with Gasteiger partial charge in [0.1, 0.15) is 22.3 Å². The summed E-state index contributed by atoms with van der Waals surface area (Å²) in [4.78, 5) is 19.0. The average molecular weight is 458 g/mol. The molecule has 0 saturated carbocycles. The number of aromatic amines is 1. The number of methoxy groups -OCH3 is 1. The number of benzene rings is 2. The molecule has 0 saturated heterocycles. The molecule has 2 aromatic carbocycles. The summed E-state index contributed by atoms with van der Waals surface area (Å²) in [5, 5.41) is -0.00910. The summed E-state index contributed by atoms with van der Waals surface area (Å²) in [6.45, 7) is 1.49. The second kappa shape index (κ2) is 8.02. The Bertz CT molecular complexity index is 1190. The number of carbonyl (C=O) groups excluding carboxylic acids is 1. The molecule has 11 heteroatoms. The molecule has 0 aliphatic carbocycles. The maximum atomic E-state index is 14.1. The Hall–Kier alpha value is -2.62. The molecule has 2 N–H and O–H groups in total. The van der Waals surface area contributed by atoms with Gasteiger partial charge in [-0.05, 0) is 31.2 Å². The standard InChI is InChI=1S/C18H14Cl2FN3O4S/c1-9-16(23-17(22-9)15-12(20)4-3-5-13(15)21)18(25)24-29(26,27)14-8-10(28-2)6-7-11(14)19/h3-8H,1-2H3,(H,22,23)(H,24,25). The molecule has 0 fully saturated rings. The van der Waals surface area contributed by atoms with E-state index in [9.17, 15) is 17.6 Å². The highest BCUT2D eigenvalue weighted by atomic mass is 35.5. The van der Waals surface area contributed by atoms with Crippen molar-refractivity contribution in [3.63, 3.8) is 0 Å². The van der Waals surface area contributed by atoms with Crippen LogP contribution in [0.5, 0.6) is 5.75 Å². The quantitative estimate of drug-likeness (QED) is 0.603. The predicted octanol–water partition coefficient (Wildman–Crippen LogP) is 3.96. The first-order chi connectivity index (χ1) is 13.6. The monoisotopic (exact) mass is 457 g/mol. The number of nitrogens with zero attached hydrogens (tertiary/aromatic N) is 1. The number of carbonyl (C=O) groups is 1. The number of hydrogen-bond acceptors (Lipinski definition) is 5. The van der Waals surface area contributed by atoms with Gasteiger partial charge in [0.25, 0.3) is 15.9 Å². The minimum absolute atomic E-state index is 0.00689. The highest BCUT2D eigenvalue weighted by Gasteiger charge is 2.26. The van der Waals surface area contributed by atoms with Gasteiger partial charge in [-0.15, -0.1) is 0 Å². The summed E-state index contributed by atoms with van der Waals surface area (Å²) in [5.41, 5.74) is -0.0410. The fourth-order valence-electron chi connectivity index (χ4n) is 2.57. The van der Waals surface area contributed by atoms with Crippen LogP contribution in [-0.4, -0.2) is 31.4 Å². The van der Waals surface area contributed by atoms with Crippen LogP contribution in [0.4, 0.5) is 4.39 Å². The summed E-state index contributed by atoms with van der Waals surface area (Å²) in [6, 6.07) is 8.07. The third-order valence-electron chi connectivity index (χ3n) is 3.95. The Labute approximate surface area is 175 Å². The van der Waals surface area contributed by atoms with Gasteiger partial charge < -0.3 is 9.72 Å². The van der Waals surface area contributed by atoms with E-state index in [1.54, 1.807) is 0 Å². The maximum Gasteiger partial charge on any atom is 0.285 e. The van der Waals surface area contributed by atoms with E-state index in [2.05, 4.69) is 9.97 Å². The summed E-state index contributed by atoms with van der Waals surface area (Å²) in [5.74, 6) is -1.42. The van der Waals surface area contributed by atoms with Gasteiger partial charge in [0.2, 0.25) is 0 Å². The van der Waals surface area contributed by atoms with Gasteiger partial charge in [0, 0.05) is 11.8 Å². The fraction of sp³-hybridized carbons (Fsp3) is 0.111. The van der Waals surface area contributed by atoms with E-state index in [0.717, 1.165) is 0 Å². The SMILES string of the molecule is COc1ccc(Cl)c(S(=O)(=O)NC(=O)c2nc(-c3c(F)cccc3Cl)[nH]c2C)c1. The molecule has 0 spiro atoms. The Morgan fingerprint density at radius 1 is 1.21 bits per heavy atom. The molecular weight excluding hydrogens is 444 g/mol. The summed E-state index contributed by atoms with van der Waals surface area (Å²) < 4.78 is 46.2. The van der Waals surface area contributed by atoms with Gasteiger partial charge in [-0.2, -0.15) is 0 Å². The Morgan fingerprint density at radius 2 is 1.93 bits per heavy atom. The number of amides is 1. The molecule has 0 atom stereocenters. The van der Waals surface area contributed by atoms with Crippen molar-refractivity contribution in [2.24, 2.45) is 0 Å². The van der Waals surface area contributed by atoms with Crippen molar-refractivity contribution in [3.05, 3.63) is 63.6 Å². The third-order valence-corrected chi connectivity index (χ3v) is 6.08. The minimum atomic E-state index is -4.32. The number of rotatable bonds is 5. The van der Waals surface area contributed by atoms with Crippen molar-refractivity contribution in [2.45, 2.75) is 11.8 Å². The summed E-state index contributed by atoms with van der Waals surface area (Å²) in [7, 11) is -2.96. The zero-order valence-corrected chi connectivity index (χ0v) is 17.4. The van der Waals surface area contributed by atoms with Gasteiger partial charge in [-0.3, -0.25) is 4.79 Å². The molecule has 1 aromatic heterocycles. The first kappa shape index (κ1) is 21.1. The van der Waals surface area contributed by atoms with Crippen molar-refractivity contribution in [3.8, 4) is 17.1 Å². The molecule has 152 valence electrons. The van der Waals surface area contributed by atoms with Crippen LogP contribution < -0.4 is 9.46 Å². The van der Waals surface area contributed by atoms with E-state index >= 15 is 0 Å². The number of sulfonamides is 1. The summed E-state index contributed by atoms with van der Waals surface area (Å²) >= 11 is 12.0. The van der Waals surface area contributed by atoms with E-state index in [1.165, 1.54) is 50.4 Å². The number of halogens is 3. The second-order valence-corrected chi connectivity index (χ2v) is 8.35. The third kappa shape index (κ3) is 4.21. The molecule has 29 heavy (non-hydrogen) atoms. The number of H-pyrrole nitrogens is 1. The normalized spacial score (nSPS) is 11.3. The lowest BCUT2D eigenvalue weighted by Gasteiger charge is -2.09. The largest absolute Gasteiger partial charge is 0.497 e. The van der Waals surface area contributed by atoms with Crippen LogP contribution in [-0.2, 0) is 10.0 Å². The van der Waals surface area contributed by atoms with Crippen LogP contribution in [0.15, 0.2) is 41.3 Å². The lowest BCUT2D eigenvalue weighted by atomic mass is 10.2. The molecule has 0 radical (unpaired) electrons. The van der Waals surface area contributed by atoms with Crippen molar-refractivity contribution in [1.82, 2.24) is 14.7 Å². The van der Waals surface area contributed by atoms with Crippen molar-refractivity contribution in [2.75, 3.05) is 7.11 Å². The van der Waals surface area contributed by atoms with E-state index in [1.807, 2.05) is 4.72 Å². The Balaban J connectivity index is 1.95. The fourth-order valence-corrected chi connectivity index (χ4v) is 4.29. The first-order valence-corrected chi connectivity index (χ1v) is 10.3. The van der Waals surface area contributed by atoms with Crippen LogP contribution >= 0.6 is 23.2 Å². The zero-order valence-electron chi connectivity index (χ0n) is 15.1. The van der Waals surface area contributed by atoms with Crippen LogP contribution in [0.3, 0.4) is 0 Å². The van der Waals surface area contributed by atoms with Crippen molar-refractivity contribution >= 4 is 39.1 Å². The summed E-state index contributed by atoms with van der Waals surface area (Å²) in [6.07, 6.45) is 0. The highest BCUT2D eigenvalue weighted by Crippen LogP contribution is 2.30. The van der Waals surface area contributed by atoms with E-state index < -0.39 is 21.7 Å². The van der Waals surface area contributed by atoms with Crippen LogP contribution in [0, 0.1) is 12.7 Å². The van der Waals surface area contributed by atoms with E-state index in [0.29, 0.717) is 0 Å². The topological polar surface area (TPSA) is 101 Å². The Kier molecular flexibility index (Phi) is 5.83. The van der Waals surface area contributed by atoms with Gasteiger partial charge >= 0.3 is 0 Å². The molecule has 1 heterocycles. The number of aryl methyl sites for hydroxylation is 1. The molecule has 7 nitrogen and oxygen atoms in total. The molecule has 3 rings (SSSR count). The van der Waals surface area contributed by atoms with Crippen molar-refractivity contribution < 1.29 is 22.3 Å². The smallest absolute Gasteiger partial charge is 0.285 e. The van der Waals surface area contributed by atoms with Gasteiger partial charge in [-0.1, -0.05) is 29.3 Å². The minimum Gasteiger partial charge on any atom is -0.497 e. The van der Waals surface area contributed by atoms with E-state index in [4.69, 9.17) is 27.9 Å². The van der Waals surface area contributed by atoms with Crippen LogP contribution in [0.25, 0.3) is 11.4 Å². The Morgan fingerprint density at radius 3 is 2.59 bits per heavy atom. The molecule has 0 unspecified atom stereocenters. The van der Waals surface area contributed by atoms with Crippen LogP contribution in [0.1, 0.15) is 16.2 Å². The molecule has 0 aliphatic rings. The molecule has 0 bridgehead atoms. The molecular formula is C18H14Cl2FN3O4S. The number of hydrogen-bond donors (Lipinski definition) is 2. The molecule has 0 aliphatic heterocycles. The number of imidazole rings is 1. The molecule has 3 aromatic rings. The number of aromatic nitrogens is 2. The first-order valence-electron chi connectivity index (χ1n) is 8.05. The molecule has 1 amide bonds. The van der Waals surface area contributed by atoms with Crippen molar-refractivity contribution in [1.29, 1.82) is 0 Å². The number of nitrogens with one attached hydrogen (secondary N) is 2. The van der Waals surface area contributed by atoms with Gasteiger partial charge in [0.05, 0.1) is 22.7 Å². The van der Waals surface area contributed by atoms with Gasteiger partial charge in [0.15, 0.2) is 5.69 Å². The predicted molar refractivity (Wildman–Crippen MR) is 106 cm³/mol. The number of ether oxygens (including phenoxy) is 1. The van der Waals surface area contributed by atoms with E-state index in [-0.39, 0.29) is 43.5 Å². The lowest BCUT2D eigenvalue weighted by Crippen LogP contribution is -2.31. The maximum absolute atomic E-state index is 14.1. The zero-order chi connectivity index (χ0) is 21.3. The van der Waals surface area contributed by atoms with Gasteiger partial charge in [-0.25, -0.2) is 22.5 Å². The second-order valence-electron chi connectivity index (χ2n) is 5.89. The lowest BCUT2D eigenvalue weighted by molar-refractivity contribution is 0.0976. The highest BCUT2D eigenvalue weighted by molar-refractivity contribution is 7.90.